The van der Waals surface area contributed by atoms with Crippen LogP contribution in [-0.4, -0.2) is 38.4 Å². The van der Waals surface area contributed by atoms with E-state index in [2.05, 4.69) is 16.0 Å². The van der Waals surface area contributed by atoms with Crippen LogP contribution >= 0.6 is 0 Å². The fourth-order valence-electron chi connectivity index (χ4n) is 4.14. The van der Waals surface area contributed by atoms with Crippen molar-refractivity contribution in [3.8, 4) is 12.3 Å². The van der Waals surface area contributed by atoms with Crippen LogP contribution in [0.3, 0.4) is 0 Å². The molecule has 0 unspecified atom stereocenters. The van der Waals surface area contributed by atoms with Crippen molar-refractivity contribution in [2.24, 2.45) is 11.8 Å². The number of aliphatic hydroxyl groups is 1. The molecular weight excluding hydrogens is 372 g/mol. The van der Waals surface area contributed by atoms with E-state index in [-0.39, 0.29) is 30.7 Å². The van der Waals surface area contributed by atoms with Crippen LogP contribution in [0.1, 0.15) is 44.2 Å². The highest BCUT2D eigenvalue weighted by Gasteiger charge is 2.33. The van der Waals surface area contributed by atoms with Gasteiger partial charge in [0, 0.05) is 6.42 Å². The lowest BCUT2D eigenvalue weighted by Gasteiger charge is -2.25. The van der Waals surface area contributed by atoms with Crippen LogP contribution in [-0.2, 0) is 14.3 Å². The van der Waals surface area contributed by atoms with Crippen LogP contribution in [0.15, 0.2) is 24.2 Å². The van der Waals surface area contributed by atoms with Gasteiger partial charge in [0.15, 0.2) is 11.6 Å². The second-order valence-electron chi connectivity index (χ2n) is 7.55. The van der Waals surface area contributed by atoms with Gasteiger partial charge >= 0.3 is 5.97 Å². The van der Waals surface area contributed by atoms with E-state index in [1.807, 2.05) is 0 Å². The minimum Gasteiger partial charge on any atom is -0.508 e. The van der Waals surface area contributed by atoms with Crippen molar-refractivity contribution in [1.82, 2.24) is 14.6 Å². The van der Waals surface area contributed by atoms with Gasteiger partial charge in [0.2, 0.25) is 0 Å². The van der Waals surface area contributed by atoms with Gasteiger partial charge < -0.3 is 20.3 Å². The number of nitrogen functional groups attached to an aromatic ring is 1. The molecule has 1 saturated carbocycles. The molecule has 2 aliphatic rings. The Morgan fingerprint density at radius 3 is 2.97 bits per heavy atom. The van der Waals surface area contributed by atoms with Crippen molar-refractivity contribution in [1.29, 1.82) is 0 Å². The number of aliphatic hydroxyl groups excluding tert-OH is 1. The van der Waals surface area contributed by atoms with Gasteiger partial charge in [0.1, 0.15) is 41.9 Å². The molecular formula is C21H24N4O4. The zero-order chi connectivity index (χ0) is 20.4. The molecule has 3 heterocycles. The van der Waals surface area contributed by atoms with Gasteiger partial charge in [-0.1, -0.05) is 25.2 Å². The van der Waals surface area contributed by atoms with E-state index >= 15 is 0 Å². The van der Waals surface area contributed by atoms with Gasteiger partial charge in [-0.3, -0.25) is 4.79 Å². The predicted octanol–water partition coefficient (Wildman–Crippen LogP) is 2.70. The number of nitrogens with zero attached hydrogens (tertiary/aromatic N) is 3. The molecule has 2 aromatic heterocycles. The molecule has 8 heteroatoms. The first kappa shape index (κ1) is 19.1. The second-order valence-corrected chi connectivity index (χ2v) is 7.55. The topological polar surface area (TPSA) is 112 Å². The van der Waals surface area contributed by atoms with E-state index in [1.165, 1.54) is 12.7 Å². The number of rotatable bonds is 5. The number of carbonyl (C=O) groups is 1. The monoisotopic (exact) mass is 396 g/mol. The number of nitrogens with two attached hydrogens (primary N) is 1. The summed E-state index contributed by atoms with van der Waals surface area (Å²) in [6.45, 7) is 0.0255. The number of carbonyl (C=O) groups excluding carboxylic acids is 1. The fraction of sp³-hybridized carbons (Fsp3) is 0.476. The van der Waals surface area contributed by atoms with Gasteiger partial charge in [-0.05, 0) is 30.9 Å². The standard InChI is InChI=1S/C21H24N4O4/c1-2-15(13-6-4-3-5-7-13)21(27)28-11-14-10-18(26)19(29-14)16-8-9-17-20(22)23-12-24-25(16)17/h1,8-9,12-15,26H,3-7,10-11H2,(H2,22,23,24)/t14-,15+/m0/s1. The summed E-state index contributed by atoms with van der Waals surface area (Å²) in [5.41, 5.74) is 7.02. The fourth-order valence-corrected chi connectivity index (χ4v) is 4.14. The maximum absolute atomic E-state index is 12.5. The van der Waals surface area contributed by atoms with Crippen molar-refractivity contribution in [3.05, 3.63) is 29.9 Å². The summed E-state index contributed by atoms with van der Waals surface area (Å²) in [5, 5.41) is 14.5. The molecule has 2 atom stereocenters. The van der Waals surface area contributed by atoms with Gasteiger partial charge in [-0.15, -0.1) is 6.42 Å². The molecule has 8 nitrogen and oxygen atoms in total. The van der Waals surface area contributed by atoms with E-state index in [9.17, 15) is 9.90 Å². The Morgan fingerprint density at radius 2 is 2.21 bits per heavy atom. The van der Waals surface area contributed by atoms with Crippen LogP contribution in [0.25, 0.3) is 11.3 Å². The number of esters is 1. The van der Waals surface area contributed by atoms with Crippen LogP contribution in [0.5, 0.6) is 0 Å². The molecule has 0 aromatic carbocycles. The Hall–Kier alpha value is -3.21. The normalized spacial score (nSPS) is 21.0. The molecule has 0 amide bonds. The minimum atomic E-state index is -0.521. The third kappa shape index (κ3) is 3.73. The Bertz CT molecular complexity index is 984. The van der Waals surface area contributed by atoms with Crippen molar-refractivity contribution in [2.45, 2.75) is 44.6 Å². The smallest absolute Gasteiger partial charge is 0.321 e. The molecule has 0 bridgehead atoms. The number of aromatic nitrogens is 3. The number of anilines is 1. The summed E-state index contributed by atoms with van der Waals surface area (Å²) >= 11 is 0. The van der Waals surface area contributed by atoms with Crippen LogP contribution in [0, 0.1) is 24.2 Å². The predicted molar refractivity (Wildman–Crippen MR) is 106 cm³/mol. The molecule has 1 aliphatic heterocycles. The lowest BCUT2D eigenvalue weighted by molar-refractivity contribution is -0.151. The summed E-state index contributed by atoms with van der Waals surface area (Å²) in [4.78, 5) is 16.4. The quantitative estimate of drug-likeness (QED) is 0.590. The minimum absolute atomic E-state index is 0.0255. The molecule has 2 aromatic rings. The molecule has 0 radical (unpaired) electrons. The molecule has 3 N–H and O–H groups in total. The highest BCUT2D eigenvalue weighted by atomic mass is 16.6. The molecule has 1 fully saturated rings. The van der Waals surface area contributed by atoms with Gasteiger partial charge in [-0.2, -0.15) is 5.10 Å². The number of fused-ring (bicyclic) bond motifs is 1. The van der Waals surface area contributed by atoms with Crippen molar-refractivity contribution in [3.63, 3.8) is 0 Å². The Kier molecular flexibility index (Phi) is 5.30. The molecule has 29 heavy (non-hydrogen) atoms. The van der Waals surface area contributed by atoms with E-state index < -0.39 is 12.0 Å². The highest BCUT2D eigenvalue weighted by molar-refractivity contribution is 5.76. The molecule has 0 saturated heterocycles. The molecule has 0 spiro atoms. The maximum Gasteiger partial charge on any atom is 0.321 e. The zero-order valence-corrected chi connectivity index (χ0v) is 16.1. The summed E-state index contributed by atoms with van der Waals surface area (Å²) in [5.74, 6) is 2.59. The third-order valence-electron chi connectivity index (χ3n) is 5.65. The first-order valence-electron chi connectivity index (χ1n) is 9.88. The lowest BCUT2D eigenvalue weighted by Crippen LogP contribution is -2.29. The van der Waals surface area contributed by atoms with E-state index in [0.29, 0.717) is 22.8 Å². The average molecular weight is 396 g/mol. The van der Waals surface area contributed by atoms with Crippen LogP contribution in [0.4, 0.5) is 5.82 Å². The average Bonchev–Trinajstić information content (AvgIpc) is 3.32. The summed E-state index contributed by atoms with van der Waals surface area (Å²) < 4.78 is 12.9. The van der Waals surface area contributed by atoms with Crippen molar-refractivity contribution < 1.29 is 19.4 Å². The van der Waals surface area contributed by atoms with Gasteiger partial charge in [0.05, 0.1) is 0 Å². The van der Waals surface area contributed by atoms with E-state index in [1.54, 1.807) is 16.6 Å². The summed E-state index contributed by atoms with van der Waals surface area (Å²) in [6.07, 6.45) is 12.0. The number of hydrogen-bond donors (Lipinski definition) is 2. The Morgan fingerprint density at radius 1 is 1.41 bits per heavy atom. The van der Waals surface area contributed by atoms with Crippen molar-refractivity contribution >= 4 is 23.1 Å². The first-order valence-corrected chi connectivity index (χ1v) is 9.88. The van der Waals surface area contributed by atoms with Crippen LogP contribution < -0.4 is 5.73 Å². The summed E-state index contributed by atoms with van der Waals surface area (Å²) in [7, 11) is 0. The molecule has 152 valence electrons. The summed E-state index contributed by atoms with van der Waals surface area (Å²) in [6, 6.07) is 3.50. The lowest BCUT2D eigenvalue weighted by atomic mass is 9.80. The van der Waals surface area contributed by atoms with E-state index in [4.69, 9.17) is 21.6 Å². The number of terminal acetylenes is 1. The Labute approximate surface area is 168 Å². The molecule has 1 aliphatic carbocycles. The largest absolute Gasteiger partial charge is 0.508 e. The maximum atomic E-state index is 12.5. The molecule has 4 rings (SSSR count). The van der Waals surface area contributed by atoms with Gasteiger partial charge in [0.25, 0.3) is 0 Å². The highest BCUT2D eigenvalue weighted by Crippen LogP contribution is 2.33. The number of hydrogen-bond acceptors (Lipinski definition) is 7. The Balaban J connectivity index is 1.39. The number of ether oxygens (including phenoxy) is 2. The SMILES string of the molecule is C#C[C@@H](C(=O)OC[C@@H]1CC(O)=C(c2ccc3c(N)ncnn23)O1)C1CCCCC1. The third-order valence-corrected chi connectivity index (χ3v) is 5.65. The first-order chi connectivity index (χ1) is 14.1. The second kappa shape index (κ2) is 8.03. The van der Waals surface area contributed by atoms with E-state index in [0.717, 1.165) is 25.7 Å². The van der Waals surface area contributed by atoms with Crippen LogP contribution in [0.2, 0.25) is 0 Å². The van der Waals surface area contributed by atoms with Crippen molar-refractivity contribution in [2.75, 3.05) is 12.3 Å². The zero-order valence-electron chi connectivity index (χ0n) is 16.1. The van der Waals surface area contributed by atoms with Gasteiger partial charge in [-0.25, -0.2) is 9.50 Å².